The van der Waals surface area contributed by atoms with Crippen LogP contribution in [0.25, 0.3) is 0 Å². The van der Waals surface area contributed by atoms with Gasteiger partial charge in [0.2, 0.25) is 0 Å². The van der Waals surface area contributed by atoms with Gasteiger partial charge in [0.05, 0.1) is 0 Å². The molecule has 0 spiro atoms. The van der Waals surface area contributed by atoms with Crippen molar-refractivity contribution in [1.82, 2.24) is 0 Å². The standard InChI is InChI=1S/C5H12O8P/c6-3-2(1-12-14(9,10)11)13-5(8)4(3)7/h2-11H,1H2/q+1/t2-,3-,4-,5+/m1/s1. The quantitative estimate of drug-likeness (QED) is 0.284. The molecule has 8 nitrogen and oxygen atoms in total. The zero-order valence-corrected chi connectivity index (χ0v) is 7.86. The molecule has 1 aliphatic heterocycles. The molecule has 1 saturated heterocycles. The molecule has 0 aromatic rings. The van der Waals surface area contributed by atoms with E-state index in [0.29, 0.717) is 0 Å². The molecule has 1 fully saturated rings. The fourth-order valence-corrected chi connectivity index (χ4v) is 1.39. The Kier molecular flexibility index (Phi) is 3.75. The Labute approximate surface area is 79.6 Å². The Morgan fingerprint density at radius 3 is 2.00 bits per heavy atom. The lowest BCUT2D eigenvalue weighted by atomic mass is 10.1. The van der Waals surface area contributed by atoms with Crippen LogP contribution in [-0.2, 0) is 9.26 Å². The summed E-state index contributed by atoms with van der Waals surface area (Å²) in [5, 5.41) is 27.1. The van der Waals surface area contributed by atoms with E-state index in [4.69, 9.17) is 24.9 Å². The van der Waals surface area contributed by atoms with Crippen LogP contribution in [0.3, 0.4) is 0 Å². The van der Waals surface area contributed by atoms with Crippen LogP contribution in [0, 0.1) is 0 Å². The lowest BCUT2D eigenvalue weighted by Crippen LogP contribution is -2.34. The van der Waals surface area contributed by atoms with E-state index < -0.39 is 39.4 Å². The molecule has 0 aliphatic carbocycles. The second-order valence-corrected chi connectivity index (χ2v) is 4.14. The van der Waals surface area contributed by atoms with Crippen LogP contribution < -0.4 is 0 Å². The predicted molar refractivity (Wildman–Crippen MR) is 42.4 cm³/mol. The van der Waals surface area contributed by atoms with E-state index in [2.05, 4.69) is 9.26 Å². The van der Waals surface area contributed by atoms with Crippen LogP contribution in [0.4, 0.5) is 0 Å². The molecule has 0 aromatic carbocycles. The summed E-state index contributed by atoms with van der Waals surface area (Å²) in [5.41, 5.74) is 0. The maximum absolute atomic E-state index is 9.18. The van der Waals surface area contributed by atoms with E-state index in [9.17, 15) is 5.11 Å². The monoisotopic (exact) mass is 231 g/mol. The first-order chi connectivity index (χ1) is 6.31. The Hall–Kier alpha value is 0.110. The molecule has 1 aliphatic rings. The van der Waals surface area contributed by atoms with Gasteiger partial charge >= 0.3 is 8.17 Å². The van der Waals surface area contributed by atoms with Crippen molar-refractivity contribution in [2.24, 2.45) is 0 Å². The van der Waals surface area contributed by atoms with Crippen molar-refractivity contribution >= 4 is 8.17 Å². The first-order valence-corrected chi connectivity index (χ1v) is 5.29. The Morgan fingerprint density at radius 1 is 1.07 bits per heavy atom. The molecule has 0 unspecified atom stereocenters. The smallest absolute Gasteiger partial charge is 0.387 e. The minimum Gasteiger partial charge on any atom is -0.387 e. The summed E-state index contributed by atoms with van der Waals surface area (Å²) < 4.78 is 8.75. The van der Waals surface area contributed by atoms with Gasteiger partial charge in [-0.15, -0.1) is 0 Å². The third kappa shape index (κ3) is 3.06. The molecule has 0 aromatic heterocycles. The molecular weight excluding hydrogens is 219 g/mol. The lowest BCUT2D eigenvalue weighted by Gasteiger charge is -2.12. The summed E-state index contributed by atoms with van der Waals surface area (Å²) in [4.78, 5) is 25.3. The molecule has 1 heterocycles. The summed E-state index contributed by atoms with van der Waals surface area (Å²) in [6, 6.07) is 0. The molecule has 84 valence electrons. The van der Waals surface area contributed by atoms with Crippen molar-refractivity contribution in [2.75, 3.05) is 6.61 Å². The van der Waals surface area contributed by atoms with Crippen molar-refractivity contribution in [3.8, 4) is 0 Å². The highest BCUT2D eigenvalue weighted by atomic mass is 31.2. The number of hydrogen-bond donors (Lipinski definition) is 6. The maximum Gasteiger partial charge on any atom is 0.567 e. The van der Waals surface area contributed by atoms with Crippen LogP contribution in [0.15, 0.2) is 0 Å². The Bertz CT molecular complexity index is 193. The van der Waals surface area contributed by atoms with Gasteiger partial charge in [0, 0.05) is 0 Å². The van der Waals surface area contributed by atoms with Crippen LogP contribution in [0.2, 0.25) is 0 Å². The number of aliphatic hydroxyl groups is 3. The predicted octanol–water partition coefficient (Wildman–Crippen LogP) is -2.90. The molecule has 0 bridgehead atoms. The average molecular weight is 231 g/mol. The van der Waals surface area contributed by atoms with Crippen molar-refractivity contribution in [1.29, 1.82) is 0 Å². The molecular formula is C5H12O8P+. The van der Waals surface area contributed by atoms with Gasteiger partial charge in [-0.2, -0.15) is 19.2 Å². The van der Waals surface area contributed by atoms with Crippen molar-refractivity contribution < 1.29 is 39.3 Å². The highest BCUT2D eigenvalue weighted by Crippen LogP contribution is 2.46. The van der Waals surface area contributed by atoms with Crippen LogP contribution in [0.1, 0.15) is 0 Å². The zero-order valence-electron chi connectivity index (χ0n) is 6.96. The molecule has 14 heavy (non-hydrogen) atoms. The zero-order chi connectivity index (χ0) is 10.9. The molecule has 0 saturated carbocycles. The van der Waals surface area contributed by atoms with Gasteiger partial charge in [0.25, 0.3) is 0 Å². The SMILES string of the molecule is O[C@@H]1[C@H](O)[C@@H](CO[P+](O)(O)O)O[C@@H]1O. The summed E-state index contributed by atoms with van der Waals surface area (Å²) in [6.07, 6.45) is -5.56. The molecule has 9 heteroatoms. The largest absolute Gasteiger partial charge is 0.567 e. The van der Waals surface area contributed by atoms with Crippen molar-refractivity contribution in [3.63, 3.8) is 0 Å². The van der Waals surface area contributed by atoms with E-state index in [-0.39, 0.29) is 0 Å². The van der Waals surface area contributed by atoms with Gasteiger partial charge in [-0.25, -0.2) is 0 Å². The fraction of sp³-hybridized carbons (Fsp3) is 1.00. The number of hydrogen-bond acceptors (Lipinski definition) is 8. The van der Waals surface area contributed by atoms with E-state index in [0.717, 1.165) is 0 Å². The number of aliphatic hydroxyl groups excluding tert-OH is 3. The topological polar surface area (TPSA) is 140 Å². The fourth-order valence-electron chi connectivity index (χ4n) is 1.04. The summed E-state index contributed by atoms with van der Waals surface area (Å²) in [7, 11) is -4.39. The van der Waals surface area contributed by atoms with Gasteiger partial charge in [-0.3, -0.25) is 0 Å². The minimum atomic E-state index is -4.39. The van der Waals surface area contributed by atoms with E-state index in [1.54, 1.807) is 0 Å². The average Bonchev–Trinajstić information content (AvgIpc) is 2.28. The maximum atomic E-state index is 9.18. The lowest BCUT2D eigenvalue weighted by molar-refractivity contribution is -0.132. The van der Waals surface area contributed by atoms with Gasteiger partial charge < -0.3 is 20.1 Å². The van der Waals surface area contributed by atoms with Crippen LogP contribution >= 0.6 is 8.17 Å². The first kappa shape index (κ1) is 12.2. The minimum absolute atomic E-state index is 0.549. The second-order valence-electron chi connectivity index (χ2n) is 2.86. The highest BCUT2D eigenvalue weighted by molar-refractivity contribution is 7.53. The molecule has 6 N–H and O–H groups in total. The third-order valence-electron chi connectivity index (χ3n) is 1.75. The second kappa shape index (κ2) is 4.31. The molecule has 0 radical (unpaired) electrons. The summed E-state index contributed by atoms with van der Waals surface area (Å²) >= 11 is 0. The number of rotatable bonds is 3. The summed E-state index contributed by atoms with van der Waals surface area (Å²) in [5.74, 6) is 0. The molecule has 1 rings (SSSR count). The van der Waals surface area contributed by atoms with Gasteiger partial charge in [-0.1, -0.05) is 0 Å². The van der Waals surface area contributed by atoms with E-state index in [1.807, 2.05) is 0 Å². The molecule has 4 atom stereocenters. The van der Waals surface area contributed by atoms with Gasteiger partial charge in [0.15, 0.2) is 6.29 Å². The van der Waals surface area contributed by atoms with E-state index in [1.165, 1.54) is 0 Å². The summed E-state index contributed by atoms with van der Waals surface area (Å²) in [6.45, 7) is -0.549. The van der Waals surface area contributed by atoms with Crippen molar-refractivity contribution in [2.45, 2.75) is 24.6 Å². The molecule has 0 amide bonds. The van der Waals surface area contributed by atoms with Gasteiger partial charge in [0.1, 0.15) is 24.9 Å². The van der Waals surface area contributed by atoms with E-state index >= 15 is 0 Å². The van der Waals surface area contributed by atoms with Crippen molar-refractivity contribution in [3.05, 3.63) is 0 Å². The third-order valence-corrected chi connectivity index (χ3v) is 2.24. The van der Waals surface area contributed by atoms with Crippen LogP contribution in [0.5, 0.6) is 0 Å². The number of ether oxygens (including phenoxy) is 1. The normalized spacial score (nSPS) is 39.0. The first-order valence-electron chi connectivity index (χ1n) is 3.73. The highest BCUT2D eigenvalue weighted by Gasteiger charge is 2.45. The Morgan fingerprint density at radius 2 is 1.64 bits per heavy atom. The van der Waals surface area contributed by atoms with Gasteiger partial charge in [-0.05, 0) is 0 Å². The van der Waals surface area contributed by atoms with Crippen LogP contribution in [-0.4, -0.2) is 61.2 Å². The Balaban J connectivity index is 2.40.